The van der Waals surface area contributed by atoms with E-state index >= 15 is 0 Å². The molecule has 5 heteroatoms. The first-order valence-electron chi connectivity index (χ1n) is 10.3. The molecule has 29 heavy (non-hydrogen) atoms. The van der Waals surface area contributed by atoms with Gasteiger partial charge in [-0.1, -0.05) is 30.3 Å². The number of hydrogen-bond acceptors (Lipinski definition) is 5. The Kier molecular flexibility index (Phi) is 9.45. The van der Waals surface area contributed by atoms with Crippen LogP contribution >= 0.6 is 0 Å². The Balaban J connectivity index is 1.82. The molecule has 2 N–H and O–H groups in total. The molecular formula is C24H36N2O3. The van der Waals surface area contributed by atoms with E-state index in [-0.39, 0.29) is 6.61 Å². The van der Waals surface area contributed by atoms with Crippen molar-refractivity contribution in [3.8, 4) is 11.5 Å². The number of aliphatic hydroxyl groups excluding tert-OH is 1. The number of aliphatic hydroxyl groups is 1. The van der Waals surface area contributed by atoms with Crippen LogP contribution in [-0.4, -0.2) is 56.0 Å². The molecule has 5 nitrogen and oxygen atoms in total. The Hall–Kier alpha value is -2.08. The summed E-state index contributed by atoms with van der Waals surface area (Å²) in [4.78, 5) is 2.09. The van der Waals surface area contributed by atoms with E-state index in [9.17, 15) is 5.11 Å². The molecular weight excluding hydrogens is 364 g/mol. The lowest BCUT2D eigenvalue weighted by molar-refractivity contribution is 0.0668. The fourth-order valence-electron chi connectivity index (χ4n) is 3.07. The molecule has 0 spiro atoms. The van der Waals surface area contributed by atoms with Gasteiger partial charge in [0.1, 0.15) is 12.7 Å². The molecule has 0 aliphatic rings. The van der Waals surface area contributed by atoms with Gasteiger partial charge in [0.15, 0.2) is 11.5 Å². The zero-order chi connectivity index (χ0) is 21.2. The van der Waals surface area contributed by atoms with Crippen molar-refractivity contribution in [2.75, 3.05) is 33.9 Å². The summed E-state index contributed by atoms with van der Waals surface area (Å²) in [6, 6.07) is 14.8. The molecule has 0 amide bonds. The SMILES string of the molecule is COc1cc(CNCCc2ccccc2C)ccc1OC[C@@H](O)CN(C)C(C)C. The topological polar surface area (TPSA) is 54.0 Å². The molecule has 2 aromatic carbocycles. The minimum Gasteiger partial charge on any atom is -0.493 e. The van der Waals surface area contributed by atoms with Crippen molar-refractivity contribution in [2.24, 2.45) is 0 Å². The minimum absolute atomic E-state index is 0.238. The van der Waals surface area contributed by atoms with E-state index in [4.69, 9.17) is 9.47 Å². The zero-order valence-electron chi connectivity index (χ0n) is 18.4. The highest BCUT2D eigenvalue weighted by Gasteiger charge is 2.13. The number of likely N-dealkylation sites (N-methyl/N-ethyl adjacent to an activating group) is 1. The van der Waals surface area contributed by atoms with Crippen LogP contribution in [0.3, 0.4) is 0 Å². The Morgan fingerprint density at radius 3 is 2.55 bits per heavy atom. The average molecular weight is 401 g/mol. The number of benzene rings is 2. The molecule has 0 saturated heterocycles. The molecule has 0 aliphatic heterocycles. The molecule has 0 bridgehead atoms. The van der Waals surface area contributed by atoms with Crippen molar-refractivity contribution >= 4 is 0 Å². The third-order valence-electron chi connectivity index (χ3n) is 5.20. The number of hydrogen-bond donors (Lipinski definition) is 2. The summed E-state index contributed by atoms with van der Waals surface area (Å²) >= 11 is 0. The fraction of sp³-hybridized carbons (Fsp3) is 0.500. The molecule has 0 fully saturated rings. The molecule has 0 saturated carbocycles. The van der Waals surface area contributed by atoms with Gasteiger partial charge < -0.3 is 24.8 Å². The van der Waals surface area contributed by atoms with Crippen LogP contribution < -0.4 is 14.8 Å². The second-order valence-electron chi connectivity index (χ2n) is 7.84. The Labute approximate surface area is 175 Å². The van der Waals surface area contributed by atoms with Crippen LogP contribution in [0.15, 0.2) is 42.5 Å². The normalized spacial score (nSPS) is 12.4. The van der Waals surface area contributed by atoms with E-state index in [2.05, 4.69) is 55.3 Å². The summed E-state index contributed by atoms with van der Waals surface area (Å²) in [7, 11) is 3.63. The van der Waals surface area contributed by atoms with Crippen LogP contribution in [0.2, 0.25) is 0 Å². The largest absolute Gasteiger partial charge is 0.493 e. The van der Waals surface area contributed by atoms with E-state index in [0.717, 1.165) is 25.1 Å². The van der Waals surface area contributed by atoms with Crippen molar-refractivity contribution in [1.82, 2.24) is 10.2 Å². The Bertz CT molecular complexity index is 749. The lowest BCUT2D eigenvalue weighted by Gasteiger charge is -2.24. The van der Waals surface area contributed by atoms with Gasteiger partial charge in [-0.15, -0.1) is 0 Å². The summed E-state index contributed by atoms with van der Waals surface area (Å²) in [5, 5.41) is 13.7. The van der Waals surface area contributed by atoms with Crippen molar-refractivity contribution in [3.63, 3.8) is 0 Å². The fourth-order valence-corrected chi connectivity index (χ4v) is 3.07. The van der Waals surface area contributed by atoms with Crippen molar-refractivity contribution in [3.05, 3.63) is 59.2 Å². The van der Waals surface area contributed by atoms with E-state index in [0.29, 0.717) is 24.1 Å². The maximum absolute atomic E-state index is 10.2. The number of nitrogens with zero attached hydrogens (tertiary/aromatic N) is 1. The molecule has 2 aromatic rings. The highest BCUT2D eigenvalue weighted by atomic mass is 16.5. The van der Waals surface area contributed by atoms with Gasteiger partial charge in [-0.3, -0.25) is 0 Å². The number of aryl methyl sites for hydroxylation is 1. The zero-order valence-corrected chi connectivity index (χ0v) is 18.4. The summed E-state index contributed by atoms with van der Waals surface area (Å²) in [5.41, 5.74) is 3.85. The summed E-state index contributed by atoms with van der Waals surface area (Å²) < 4.78 is 11.3. The highest BCUT2D eigenvalue weighted by Crippen LogP contribution is 2.28. The molecule has 2 rings (SSSR count). The molecule has 160 valence electrons. The van der Waals surface area contributed by atoms with E-state index < -0.39 is 6.10 Å². The van der Waals surface area contributed by atoms with E-state index in [1.807, 2.05) is 25.2 Å². The van der Waals surface area contributed by atoms with E-state index in [1.54, 1.807) is 7.11 Å². The third kappa shape index (κ3) is 7.69. The first-order valence-corrected chi connectivity index (χ1v) is 10.3. The molecule has 0 aliphatic carbocycles. The summed E-state index contributed by atoms with van der Waals surface area (Å²) in [5.74, 6) is 1.34. The lowest BCUT2D eigenvalue weighted by Crippen LogP contribution is -2.36. The first kappa shape index (κ1) is 23.2. The maximum Gasteiger partial charge on any atom is 0.161 e. The first-order chi connectivity index (χ1) is 13.9. The van der Waals surface area contributed by atoms with Crippen LogP contribution in [0, 0.1) is 6.92 Å². The van der Waals surface area contributed by atoms with Crippen molar-refractivity contribution in [2.45, 2.75) is 45.9 Å². The van der Waals surface area contributed by atoms with Crippen molar-refractivity contribution in [1.29, 1.82) is 0 Å². The quantitative estimate of drug-likeness (QED) is 0.535. The van der Waals surface area contributed by atoms with Crippen LogP contribution in [0.4, 0.5) is 0 Å². The summed E-state index contributed by atoms with van der Waals surface area (Å²) in [6.45, 7) is 8.85. The van der Waals surface area contributed by atoms with Gasteiger partial charge in [-0.2, -0.15) is 0 Å². The maximum atomic E-state index is 10.2. The van der Waals surface area contributed by atoms with Crippen LogP contribution in [0.5, 0.6) is 11.5 Å². The minimum atomic E-state index is -0.546. The van der Waals surface area contributed by atoms with Crippen LogP contribution in [-0.2, 0) is 13.0 Å². The average Bonchev–Trinajstić information content (AvgIpc) is 2.71. The predicted octanol–water partition coefficient (Wildman–Crippen LogP) is 3.42. The Morgan fingerprint density at radius 1 is 1.10 bits per heavy atom. The van der Waals surface area contributed by atoms with Gasteiger partial charge in [0.2, 0.25) is 0 Å². The second-order valence-corrected chi connectivity index (χ2v) is 7.84. The molecule has 0 unspecified atom stereocenters. The van der Waals surface area contributed by atoms with Gasteiger partial charge in [0.25, 0.3) is 0 Å². The van der Waals surface area contributed by atoms with Crippen LogP contribution in [0.1, 0.15) is 30.5 Å². The Morgan fingerprint density at radius 2 is 1.86 bits per heavy atom. The van der Waals surface area contributed by atoms with Gasteiger partial charge in [0.05, 0.1) is 7.11 Å². The molecule has 0 heterocycles. The lowest BCUT2D eigenvalue weighted by atomic mass is 10.1. The smallest absolute Gasteiger partial charge is 0.161 e. The molecule has 0 aromatic heterocycles. The monoisotopic (exact) mass is 400 g/mol. The summed E-state index contributed by atoms with van der Waals surface area (Å²) in [6.07, 6.45) is 0.461. The standard InChI is InChI=1S/C24H36N2O3/c1-18(2)26(4)16-22(27)17-29-23-11-10-20(14-24(23)28-5)15-25-13-12-21-9-7-6-8-19(21)3/h6-11,14,18,22,25,27H,12-13,15-17H2,1-5H3/t22-/m0/s1. The van der Waals surface area contributed by atoms with Crippen LogP contribution in [0.25, 0.3) is 0 Å². The van der Waals surface area contributed by atoms with Gasteiger partial charge >= 0.3 is 0 Å². The van der Waals surface area contributed by atoms with Crippen molar-refractivity contribution < 1.29 is 14.6 Å². The highest BCUT2D eigenvalue weighted by molar-refractivity contribution is 5.43. The molecule has 0 radical (unpaired) electrons. The third-order valence-corrected chi connectivity index (χ3v) is 5.20. The number of nitrogens with one attached hydrogen (secondary N) is 1. The number of ether oxygens (including phenoxy) is 2. The predicted molar refractivity (Wildman–Crippen MR) is 119 cm³/mol. The van der Waals surface area contributed by atoms with Gasteiger partial charge in [-0.05, 0) is 69.6 Å². The second kappa shape index (κ2) is 11.8. The number of methoxy groups -OCH3 is 1. The van der Waals surface area contributed by atoms with Gasteiger partial charge in [-0.25, -0.2) is 0 Å². The van der Waals surface area contributed by atoms with Gasteiger partial charge in [0, 0.05) is 19.1 Å². The molecule has 1 atom stereocenters. The van der Waals surface area contributed by atoms with E-state index in [1.165, 1.54) is 11.1 Å². The number of rotatable bonds is 12.